The number of carboxylic acids is 1. The molecule has 5 nitrogen and oxygen atoms in total. The van der Waals surface area contributed by atoms with Crippen molar-refractivity contribution >= 4 is 11.7 Å². The quantitative estimate of drug-likeness (QED) is 0.637. The molecular formula is C10H12FNO4. The Morgan fingerprint density at radius 2 is 2.06 bits per heavy atom. The molecule has 1 aromatic rings. The molecule has 16 heavy (non-hydrogen) atoms. The van der Waals surface area contributed by atoms with E-state index in [1.165, 1.54) is 0 Å². The van der Waals surface area contributed by atoms with Gasteiger partial charge < -0.3 is 5.11 Å². The van der Waals surface area contributed by atoms with E-state index in [4.69, 9.17) is 5.11 Å². The van der Waals surface area contributed by atoms with Gasteiger partial charge in [-0.1, -0.05) is 13.8 Å². The van der Waals surface area contributed by atoms with Gasteiger partial charge in [0.25, 0.3) is 5.69 Å². The SMILES string of the molecule is CC.O=C(O)Cc1ccc([N+](=O)[O-])cc1F. The largest absolute Gasteiger partial charge is 0.481 e. The smallest absolute Gasteiger partial charge is 0.307 e. The van der Waals surface area contributed by atoms with Gasteiger partial charge in [-0.3, -0.25) is 14.9 Å². The van der Waals surface area contributed by atoms with Crippen molar-refractivity contribution in [2.75, 3.05) is 0 Å². The molecular weight excluding hydrogens is 217 g/mol. The molecule has 6 heteroatoms. The molecule has 0 fully saturated rings. The maximum atomic E-state index is 13.0. The van der Waals surface area contributed by atoms with Gasteiger partial charge in [-0.2, -0.15) is 0 Å². The second-order valence-corrected chi connectivity index (χ2v) is 2.60. The van der Waals surface area contributed by atoms with E-state index in [-0.39, 0.29) is 5.56 Å². The third-order valence-electron chi connectivity index (χ3n) is 1.59. The van der Waals surface area contributed by atoms with E-state index in [0.717, 1.165) is 12.1 Å². The molecule has 0 unspecified atom stereocenters. The summed E-state index contributed by atoms with van der Waals surface area (Å²) in [6, 6.07) is 2.88. The van der Waals surface area contributed by atoms with Crippen molar-refractivity contribution in [2.45, 2.75) is 20.3 Å². The lowest BCUT2D eigenvalue weighted by Gasteiger charge is -1.98. The Morgan fingerprint density at radius 3 is 2.44 bits per heavy atom. The second-order valence-electron chi connectivity index (χ2n) is 2.60. The van der Waals surface area contributed by atoms with Crippen LogP contribution in [-0.4, -0.2) is 16.0 Å². The van der Waals surface area contributed by atoms with Gasteiger partial charge in [0.05, 0.1) is 17.4 Å². The molecule has 0 spiro atoms. The van der Waals surface area contributed by atoms with Gasteiger partial charge in [-0.15, -0.1) is 0 Å². The third kappa shape index (κ3) is 4.04. The summed E-state index contributed by atoms with van der Waals surface area (Å²) < 4.78 is 13.0. The molecule has 0 aromatic heterocycles. The van der Waals surface area contributed by atoms with Crippen LogP contribution < -0.4 is 0 Å². The van der Waals surface area contributed by atoms with E-state index in [2.05, 4.69) is 0 Å². The van der Waals surface area contributed by atoms with Gasteiger partial charge >= 0.3 is 5.97 Å². The topological polar surface area (TPSA) is 80.4 Å². The van der Waals surface area contributed by atoms with Crippen molar-refractivity contribution in [3.8, 4) is 0 Å². The van der Waals surface area contributed by atoms with Gasteiger partial charge in [-0.05, 0) is 11.6 Å². The summed E-state index contributed by atoms with van der Waals surface area (Å²) in [5, 5.41) is 18.6. The van der Waals surface area contributed by atoms with E-state index >= 15 is 0 Å². The van der Waals surface area contributed by atoms with Crippen LogP contribution in [0.2, 0.25) is 0 Å². The highest BCUT2D eigenvalue weighted by Crippen LogP contribution is 2.16. The summed E-state index contributed by atoms with van der Waals surface area (Å²) in [5.74, 6) is -2.06. The zero-order chi connectivity index (χ0) is 12.7. The van der Waals surface area contributed by atoms with Crippen LogP contribution in [0.4, 0.5) is 10.1 Å². The lowest BCUT2D eigenvalue weighted by molar-refractivity contribution is -0.385. The monoisotopic (exact) mass is 229 g/mol. The van der Waals surface area contributed by atoms with E-state index < -0.39 is 28.8 Å². The molecule has 1 N–H and O–H groups in total. The summed E-state index contributed by atoms with van der Waals surface area (Å²) in [7, 11) is 0. The van der Waals surface area contributed by atoms with Crippen molar-refractivity contribution in [2.24, 2.45) is 0 Å². The highest BCUT2D eigenvalue weighted by Gasteiger charge is 2.12. The average Bonchev–Trinajstić information content (AvgIpc) is 2.23. The molecule has 0 saturated heterocycles. The standard InChI is InChI=1S/C8H6FNO4.C2H6/c9-7-4-6(10(13)14)2-1-5(7)3-8(11)12;1-2/h1-2,4H,3H2,(H,11,12);1-2H3. The predicted molar refractivity (Wildman–Crippen MR) is 55.7 cm³/mol. The van der Waals surface area contributed by atoms with Crippen molar-refractivity contribution in [1.29, 1.82) is 0 Å². The predicted octanol–water partition coefficient (Wildman–Crippen LogP) is 2.39. The van der Waals surface area contributed by atoms with Crippen LogP contribution >= 0.6 is 0 Å². The Kier molecular flexibility index (Phi) is 5.69. The van der Waals surface area contributed by atoms with Gasteiger partial charge in [0.15, 0.2) is 0 Å². The number of aliphatic carboxylic acids is 1. The van der Waals surface area contributed by atoms with Gasteiger partial charge in [-0.25, -0.2) is 4.39 Å². The number of hydrogen-bond acceptors (Lipinski definition) is 3. The number of nitrogens with zero attached hydrogens (tertiary/aromatic N) is 1. The zero-order valence-corrected chi connectivity index (χ0v) is 8.94. The number of hydrogen-bond donors (Lipinski definition) is 1. The van der Waals surface area contributed by atoms with Crippen molar-refractivity contribution in [3.63, 3.8) is 0 Å². The average molecular weight is 229 g/mol. The van der Waals surface area contributed by atoms with Crippen LogP contribution in [0.1, 0.15) is 19.4 Å². The normalized spacial score (nSPS) is 8.94. The van der Waals surface area contributed by atoms with Crippen molar-refractivity contribution in [1.82, 2.24) is 0 Å². The van der Waals surface area contributed by atoms with E-state index in [9.17, 15) is 19.3 Å². The molecule has 0 aliphatic carbocycles. The lowest BCUT2D eigenvalue weighted by Crippen LogP contribution is -2.02. The molecule has 88 valence electrons. The first-order valence-corrected chi connectivity index (χ1v) is 4.65. The summed E-state index contributed by atoms with van der Waals surface area (Å²) in [5.41, 5.74) is -0.459. The number of nitro benzene ring substituents is 1. The summed E-state index contributed by atoms with van der Waals surface area (Å²) in [6.45, 7) is 4.00. The molecule has 0 bridgehead atoms. The summed E-state index contributed by atoms with van der Waals surface area (Å²) in [6.07, 6.45) is -0.482. The van der Waals surface area contributed by atoms with Gasteiger partial charge in [0.2, 0.25) is 0 Å². The minimum Gasteiger partial charge on any atom is -0.481 e. The van der Waals surface area contributed by atoms with Crippen LogP contribution in [0, 0.1) is 15.9 Å². The molecule has 0 radical (unpaired) electrons. The molecule has 1 aromatic carbocycles. The second kappa shape index (κ2) is 6.49. The minimum atomic E-state index is -1.18. The number of rotatable bonds is 3. The molecule has 0 amide bonds. The number of non-ortho nitro benzene ring substituents is 1. The Hall–Kier alpha value is -1.98. The van der Waals surface area contributed by atoms with Crippen LogP contribution in [0.25, 0.3) is 0 Å². The van der Waals surface area contributed by atoms with Crippen LogP contribution in [0.15, 0.2) is 18.2 Å². The number of benzene rings is 1. The van der Waals surface area contributed by atoms with E-state index in [0.29, 0.717) is 6.07 Å². The molecule has 0 aliphatic heterocycles. The van der Waals surface area contributed by atoms with E-state index in [1.807, 2.05) is 13.8 Å². The number of nitro groups is 1. The van der Waals surface area contributed by atoms with Gasteiger partial charge in [0, 0.05) is 6.07 Å². The van der Waals surface area contributed by atoms with Crippen LogP contribution in [0.3, 0.4) is 0 Å². The lowest BCUT2D eigenvalue weighted by atomic mass is 10.1. The highest BCUT2D eigenvalue weighted by molar-refractivity contribution is 5.70. The van der Waals surface area contributed by atoms with Crippen molar-refractivity contribution < 1.29 is 19.2 Å². The summed E-state index contributed by atoms with van der Waals surface area (Å²) in [4.78, 5) is 19.7. The fourth-order valence-corrected chi connectivity index (χ4v) is 0.956. The molecule has 0 heterocycles. The third-order valence-corrected chi connectivity index (χ3v) is 1.59. The maximum Gasteiger partial charge on any atom is 0.307 e. The number of carboxylic acid groups (broad SMARTS) is 1. The first-order valence-electron chi connectivity index (χ1n) is 4.65. The first-order chi connectivity index (χ1) is 7.50. The number of halogens is 1. The Labute approximate surface area is 91.7 Å². The fourth-order valence-electron chi connectivity index (χ4n) is 0.956. The highest BCUT2D eigenvalue weighted by atomic mass is 19.1. The summed E-state index contributed by atoms with van der Waals surface area (Å²) >= 11 is 0. The minimum absolute atomic E-state index is 0.0666. The fraction of sp³-hybridized carbons (Fsp3) is 0.300. The molecule has 0 saturated carbocycles. The Balaban J connectivity index is 0.00000106. The van der Waals surface area contributed by atoms with E-state index in [1.54, 1.807) is 0 Å². The number of carbonyl (C=O) groups is 1. The Bertz CT molecular complexity index is 392. The molecule has 0 atom stereocenters. The van der Waals surface area contributed by atoms with Crippen molar-refractivity contribution in [3.05, 3.63) is 39.7 Å². The maximum absolute atomic E-state index is 13.0. The Morgan fingerprint density at radius 1 is 1.50 bits per heavy atom. The van der Waals surface area contributed by atoms with Crippen LogP contribution in [0.5, 0.6) is 0 Å². The molecule has 0 aliphatic rings. The zero-order valence-electron chi connectivity index (χ0n) is 8.94. The first kappa shape index (κ1) is 14.0. The molecule has 1 rings (SSSR count). The van der Waals surface area contributed by atoms with Gasteiger partial charge in [0.1, 0.15) is 5.82 Å². The van der Waals surface area contributed by atoms with Crippen LogP contribution in [-0.2, 0) is 11.2 Å².